The molecule has 0 aliphatic carbocycles. The standard InChI is InChI=1S/C12H20BrNO3S2/c1-8(12(2,3)4)6-14-19(16,17)10-5-9(7-15)18-11(10)13/h5,8,14-15H,6-7H2,1-4H3. The molecule has 0 spiro atoms. The van der Waals surface area contributed by atoms with Crippen molar-refractivity contribution in [1.29, 1.82) is 0 Å². The minimum absolute atomic E-state index is 0.0463. The zero-order valence-corrected chi connectivity index (χ0v) is 14.7. The summed E-state index contributed by atoms with van der Waals surface area (Å²) in [5.74, 6) is 0.219. The lowest BCUT2D eigenvalue weighted by Gasteiger charge is -2.27. The molecule has 19 heavy (non-hydrogen) atoms. The lowest BCUT2D eigenvalue weighted by Crippen LogP contribution is -2.33. The van der Waals surface area contributed by atoms with Gasteiger partial charge in [0.15, 0.2) is 0 Å². The molecule has 0 aliphatic heterocycles. The Morgan fingerprint density at radius 1 is 1.47 bits per heavy atom. The van der Waals surface area contributed by atoms with Gasteiger partial charge in [-0.15, -0.1) is 11.3 Å². The van der Waals surface area contributed by atoms with E-state index in [1.165, 1.54) is 17.4 Å². The number of thiophene rings is 1. The minimum Gasteiger partial charge on any atom is -0.391 e. The third-order valence-corrected chi connectivity index (χ3v) is 6.87. The van der Waals surface area contributed by atoms with Crippen molar-refractivity contribution < 1.29 is 13.5 Å². The summed E-state index contributed by atoms with van der Waals surface area (Å²) in [6.45, 7) is 8.49. The van der Waals surface area contributed by atoms with Crippen LogP contribution in [-0.2, 0) is 16.6 Å². The first-order chi connectivity index (χ1) is 8.58. The van der Waals surface area contributed by atoms with Crippen molar-refractivity contribution in [2.45, 2.75) is 39.2 Å². The molecule has 0 radical (unpaired) electrons. The van der Waals surface area contributed by atoms with E-state index in [9.17, 15) is 8.42 Å². The van der Waals surface area contributed by atoms with Gasteiger partial charge in [0.25, 0.3) is 0 Å². The molecule has 0 amide bonds. The van der Waals surface area contributed by atoms with E-state index in [0.29, 0.717) is 15.2 Å². The summed E-state index contributed by atoms with van der Waals surface area (Å²) < 4.78 is 27.5. The molecule has 1 atom stereocenters. The van der Waals surface area contributed by atoms with Gasteiger partial charge in [0.1, 0.15) is 4.90 Å². The Morgan fingerprint density at radius 3 is 2.47 bits per heavy atom. The third-order valence-electron chi connectivity index (χ3n) is 3.21. The van der Waals surface area contributed by atoms with Crippen LogP contribution in [0, 0.1) is 11.3 Å². The van der Waals surface area contributed by atoms with Crippen LogP contribution in [0.5, 0.6) is 0 Å². The highest BCUT2D eigenvalue weighted by atomic mass is 79.9. The Labute approximate surface area is 127 Å². The fourth-order valence-corrected chi connectivity index (χ4v) is 4.95. The molecule has 0 aliphatic rings. The third kappa shape index (κ3) is 4.53. The zero-order valence-electron chi connectivity index (χ0n) is 11.5. The monoisotopic (exact) mass is 369 g/mol. The molecule has 1 aromatic heterocycles. The average Bonchev–Trinajstić information content (AvgIpc) is 2.67. The highest BCUT2D eigenvalue weighted by molar-refractivity contribution is 9.11. The number of rotatable bonds is 5. The Kier molecular flexibility index (Phi) is 5.60. The van der Waals surface area contributed by atoms with E-state index in [1.54, 1.807) is 0 Å². The van der Waals surface area contributed by atoms with E-state index in [-0.39, 0.29) is 22.8 Å². The molecule has 0 bridgehead atoms. The number of aliphatic hydroxyl groups excluding tert-OH is 1. The average molecular weight is 370 g/mol. The van der Waals surface area contributed by atoms with E-state index in [1.807, 2.05) is 6.92 Å². The van der Waals surface area contributed by atoms with Crippen LogP contribution >= 0.6 is 27.3 Å². The second kappa shape index (κ2) is 6.22. The van der Waals surface area contributed by atoms with Gasteiger partial charge in [0.05, 0.1) is 10.4 Å². The highest BCUT2D eigenvalue weighted by Gasteiger charge is 2.25. The Bertz CT molecular complexity index is 532. The van der Waals surface area contributed by atoms with Gasteiger partial charge in [0, 0.05) is 11.4 Å². The maximum absolute atomic E-state index is 12.2. The fourth-order valence-electron chi connectivity index (χ4n) is 1.28. The van der Waals surface area contributed by atoms with Gasteiger partial charge in [0.2, 0.25) is 10.0 Å². The molecule has 0 aromatic carbocycles. The minimum atomic E-state index is -3.53. The first-order valence-corrected chi connectivity index (χ1v) is 9.06. The largest absolute Gasteiger partial charge is 0.391 e. The molecule has 0 fully saturated rings. The molecule has 4 nitrogen and oxygen atoms in total. The highest BCUT2D eigenvalue weighted by Crippen LogP contribution is 2.32. The summed E-state index contributed by atoms with van der Waals surface area (Å²) in [7, 11) is -3.53. The number of halogens is 1. The first kappa shape index (κ1) is 17.1. The van der Waals surface area contributed by atoms with Gasteiger partial charge in [-0.1, -0.05) is 27.7 Å². The van der Waals surface area contributed by atoms with Crippen LogP contribution in [0.15, 0.2) is 14.7 Å². The Hall–Kier alpha value is 0.0500. The summed E-state index contributed by atoms with van der Waals surface area (Å²) in [5, 5.41) is 9.04. The van der Waals surface area contributed by atoms with Gasteiger partial charge < -0.3 is 5.11 Å². The fraction of sp³-hybridized carbons (Fsp3) is 0.667. The SMILES string of the molecule is CC(CNS(=O)(=O)c1cc(CO)sc1Br)C(C)(C)C. The number of nitrogens with one attached hydrogen (secondary N) is 1. The van der Waals surface area contributed by atoms with E-state index >= 15 is 0 Å². The van der Waals surface area contributed by atoms with Crippen LogP contribution in [0.3, 0.4) is 0 Å². The van der Waals surface area contributed by atoms with Crippen molar-refractivity contribution in [3.8, 4) is 0 Å². The summed E-state index contributed by atoms with van der Waals surface area (Å²) >= 11 is 4.46. The predicted molar refractivity (Wildman–Crippen MR) is 81.7 cm³/mol. The van der Waals surface area contributed by atoms with Gasteiger partial charge in [-0.3, -0.25) is 0 Å². The summed E-state index contributed by atoms with van der Waals surface area (Å²) in [5.41, 5.74) is 0.0463. The molecule has 1 aromatic rings. The number of hydrogen-bond donors (Lipinski definition) is 2. The number of aliphatic hydroxyl groups is 1. The summed E-state index contributed by atoms with van der Waals surface area (Å²) in [4.78, 5) is 0.818. The van der Waals surface area contributed by atoms with Crippen LogP contribution in [0.25, 0.3) is 0 Å². The molecule has 110 valence electrons. The van der Waals surface area contributed by atoms with Gasteiger partial charge >= 0.3 is 0 Å². The van der Waals surface area contributed by atoms with Crippen molar-refractivity contribution in [3.63, 3.8) is 0 Å². The molecule has 2 N–H and O–H groups in total. The Morgan fingerprint density at radius 2 is 2.05 bits per heavy atom. The zero-order chi connectivity index (χ0) is 14.8. The van der Waals surface area contributed by atoms with Crippen molar-refractivity contribution >= 4 is 37.3 Å². The topological polar surface area (TPSA) is 66.4 Å². The van der Waals surface area contributed by atoms with Crippen molar-refractivity contribution in [3.05, 3.63) is 14.7 Å². The maximum atomic E-state index is 12.2. The van der Waals surface area contributed by atoms with Crippen molar-refractivity contribution in [1.82, 2.24) is 4.72 Å². The van der Waals surface area contributed by atoms with Crippen LogP contribution in [0.1, 0.15) is 32.6 Å². The van der Waals surface area contributed by atoms with Crippen molar-refractivity contribution in [2.24, 2.45) is 11.3 Å². The molecule has 1 heterocycles. The lowest BCUT2D eigenvalue weighted by molar-refractivity contribution is 0.263. The van der Waals surface area contributed by atoms with Gasteiger partial charge in [-0.05, 0) is 33.3 Å². The summed E-state index contributed by atoms with van der Waals surface area (Å²) in [6.07, 6.45) is 0. The molecular formula is C12H20BrNO3S2. The second-order valence-electron chi connectivity index (χ2n) is 5.63. The van der Waals surface area contributed by atoms with E-state index in [0.717, 1.165) is 0 Å². The lowest BCUT2D eigenvalue weighted by atomic mass is 9.82. The van der Waals surface area contributed by atoms with E-state index in [4.69, 9.17) is 5.11 Å². The molecule has 7 heteroatoms. The molecule has 1 unspecified atom stereocenters. The number of hydrogen-bond acceptors (Lipinski definition) is 4. The normalized spacial score (nSPS) is 14.6. The maximum Gasteiger partial charge on any atom is 0.242 e. The van der Waals surface area contributed by atoms with E-state index < -0.39 is 10.0 Å². The van der Waals surface area contributed by atoms with Crippen molar-refractivity contribution in [2.75, 3.05) is 6.54 Å². The van der Waals surface area contributed by atoms with Crippen LogP contribution < -0.4 is 4.72 Å². The number of sulfonamides is 1. The van der Waals surface area contributed by atoms with Crippen LogP contribution in [0.4, 0.5) is 0 Å². The van der Waals surface area contributed by atoms with Gasteiger partial charge in [-0.2, -0.15) is 0 Å². The van der Waals surface area contributed by atoms with Crippen LogP contribution in [-0.4, -0.2) is 20.1 Å². The second-order valence-corrected chi connectivity index (χ2v) is 9.82. The first-order valence-electron chi connectivity index (χ1n) is 5.96. The van der Waals surface area contributed by atoms with Gasteiger partial charge in [-0.25, -0.2) is 13.1 Å². The molecule has 0 saturated heterocycles. The Balaban J connectivity index is 2.84. The molecule has 0 saturated carbocycles. The van der Waals surface area contributed by atoms with Crippen LogP contribution in [0.2, 0.25) is 0 Å². The molecular weight excluding hydrogens is 350 g/mol. The van der Waals surface area contributed by atoms with E-state index in [2.05, 4.69) is 41.4 Å². The predicted octanol–water partition coefficient (Wildman–Crippen LogP) is 2.96. The summed E-state index contributed by atoms with van der Waals surface area (Å²) in [6, 6.07) is 1.50. The smallest absolute Gasteiger partial charge is 0.242 e. The quantitative estimate of drug-likeness (QED) is 0.838. The molecule has 1 rings (SSSR count).